The van der Waals surface area contributed by atoms with E-state index in [1.807, 2.05) is 0 Å². The van der Waals surface area contributed by atoms with Gasteiger partial charge in [0.1, 0.15) is 29.4 Å². The lowest BCUT2D eigenvalue weighted by Gasteiger charge is -2.12. The Hall–Kier alpha value is -0.860. The van der Waals surface area contributed by atoms with Gasteiger partial charge in [-0.1, -0.05) is 11.6 Å². The van der Waals surface area contributed by atoms with E-state index in [2.05, 4.69) is 23.6 Å². The molecule has 0 unspecified atom stereocenters. The molecule has 29 heavy (non-hydrogen) atoms. The fraction of sp³-hybridized carbons (Fsp3) is 0.308. The van der Waals surface area contributed by atoms with Gasteiger partial charge in [0.25, 0.3) is 16.1 Å². The Labute approximate surface area is 187 Å². The minimum atomic E-state index is -3.58. The molecule has 0 aliphatic carbocycles. The fourth-order valence-corrected chi connectivity index (χ4v) is 4.91. The van der Waals surface area contributed by atoms with E-state index in [1.54, 1.807) is 0 Å². The van der Waals surface area contributed by atoms with E-state index in [4.69, 9.17) is 21.0 Å². The maximum absolute atomic E-state index is 13.4. The molecule has 0 amide bonds. The second kappa shape index (κ2) is 11.5. The van der Waals surface area contributed by atoms with Gasteiger partial charge in [-0.15, -0.1) is 0 Å². The number of hydrogen-bond acceptors (Lipinski definition) is 8. The Balaban J connectivity index is 2.13. The summed E-state index contributed by atoms with van der Waals surface area (Å²) in [5, 5.41) is 10.2. The van der Waals surface area contributed by atoms with Crippen LogP contribution in [0.3, 0.4) is 0 Å². The summed E-state index contributed by atoms with van der Waals surface area (Å²) in [6, 6.07) is 4.00. The molecule has 0 saturated carbocycles. The molecule has 3 N–H and O–H groups in total. The van der Waals surface area contributed by atoms with E-state index in [9.17, 15) is 16.2 Å². The quantitative estimate of drug-likeness (QED) is 0.159. The third kappa shape index (κ3) is 7.40. The molecular formula is C13H16ClFI2N6O5S. The topological polar surface area (TPSA) is 142 Å². The normalized spacial score (nSPS) is 13.2. The van der Waals surface area contributed by atoms with Crippen LogP contribution in [0.15, 0.2) is 26.0 Å². The van der Waals surface area contributed by atoms with Gasteiger partial charge in [0.05, 0.1) is 21.9 Å². The second-order valence-electron chi connectivity index (χ2n) is 5.26. The van der Waals surface area contributed by atoms with Crippen molar-refractivity contribution >= 4 is 67.2 Å². The smallest absolute Gasteiger partial charge is 0.287 e. The van der Waals surface area contributed by atoms with Crippen molar-refractivity contribution in [2.24, 2.45) is 3.21 Å². The van der Waals surface area contributed by atoms with Gasteiger partial charge in [0.15, 0.2) is 5.84 Å². The van der Waals surface area contributed by atoms with E-state index >= 15 is 0 Å². The SMILES string of the molecule is CN(C)S(=O)(=O)NCCOc1nonc1C(=NI=IO)Nc1ccc(F)c(Cl)c1. The highest BCUT2D eigenvalue weighted by Gasteiger charge is 2.19. The zero-order valence-corrected chi connectivity index (χ0v) is 20.8. The van der Waals surface area contributed by atoms with Gasteiger partial charge in [-0.25, -0.2) is 9.02 Å². The largest absolute Gasteiger partial charge is 0.472 e. The van der Waals surface area contributed by atoms with E-state index in [1.165, 1.54) is 32.3 Å². The predicted molar refractivity (Wildman–Crippen MR) is 122 cm³/mol. The number of ether oxygens (including phenoxy) is 1. The van der Waals surface area contributed by atoms with Crippen molar-refractivity contribution < 1.29 is 25.6 Å². The number of nitrogens with one attached hydrogen (secondary N) is 2. The molecule has 0 aliphatic rings. The van der Waals surface area contributed by atoms with Gasteiger partial charge >= 0.3 is 0 Å². The first-order valence-electron chi connectivity index (χ1n) is 7.59. The average Bonchev–Trinajstić information content (AvgIpc) is 3.13. The first kappa shape index (κ1) is 24.4. The van der Waals surface area contributed by atoms with Crippen molar-refractivity contribution in [3.8, 4) is 5.88 Å². The Morgan fingerprint density at radius 2 is 2.21 bits per heavy atom. The molecule has 0 atom stereocenters. The summed E-state index contributed by atoms with van der Waals surface area (Å²) in [5.41, 5.74) is 0.557. The number of benzene rings is 1. The molecule has 0 fully saturated rings. The van der Waals surface area contributed by atoms with Gasteiger partial charge < -0.3 is 13.5 Å². The third-order valence-corrected chi connectivity index (χ3v) is 8.08. The van der Waals surface area contributed by atoms with Crippen LogP contribution in [-0.4, -0.2) is 59.6 Å². The summed E-state index contributed by atoms with van der Waals surface area (Å²) in [6.45, 7) is -0.0682. The summed E-state index contributed by atoms with van der Waals surface area (Å²) in [5.74, 6) is -0.385. The minimum Gasteiger partial charge on any atom is -0.472 e. The minimum absolute atomic E-state index is 0.0185. The molecule has 0 saturated heterocycles. The molecule has 1 heterocycles. The Morgan fingerprint density at radius 3 is 2.86 bits per heavy atom. The van der Waals surface area contributed by atoms with Crippen molar-refractivity contribution in [3.05, 3.63) is 34.7 Å². The highest BCUT2D eigenvalue weighted by Crippen LogP contribution is 2.24. The van der Waals surface area contributed by atoms with Crippen molar-refractivity contribution in [3.63, 3.8) is 0 Å². The fourth-order valence-electron chi connectivity index (χ4n) is 1.74. The number of rotatable bonds is 9. The number of amidine groups is 1. The van der Waals surface area contributed by atoms with Crippen molar-refractivity contribution in [1.29, 1.82) is 0 Å². The van der Waals surface area contributed by atoms with Crippen LogP contribution in [0.1, 0.15) is 5.69 Å². The lowest BCUT2D eigenvalue weighted by molar-refractivity contribution is 0.257. The molecule has 0 radical (unpaired) electrons. The number of nitrogens with zero attached hydrogens (tertiary/aromatic N) is 4. The lowest BCUT2D eigenvalue weighted by atomic mass is 10.3. The molecule has 0 aliphatic heterocycles. The maximum Gasteiger partial charge on any atom is 0.287 e. The first-order chi connectivity index (χ1) is 13.7. The highest BCUT2D eigenvalue weighted by atomic mass is 128. The summed E-state index contributed by atoms with van der Waals surface area (Å²) >= 11 is 3.89. The van der Waals surface area contributed by atoms with Crippen LogP contribution >= 0.6 is 45.5 Å². The summed E-state index contributed by atoms with van der Waals surface area (Å²) in [7, 11) is -0.792. The molecule has 0 spiro atoms. The van der Waals surface area contributed by atoms with Crippen LogP contribution in [-0.2, 0) is 10.2 Å². The zero-order chi connectivity index (χ0) is 21.4. The van der Waals surface area contributed by atoms with Gasteiger partial charge in [-0.05, 0) is 28.5 Å². The molecular weight excluding hydrogens is 661 g/mol. The molecule has 16 heteroatoms. The van der Waals surface area contributed by atoms with Crippen molar-refractivity contribution in [1.82, 2.24) is 19.3 Å². The molecule has 1 aromatic carbocycles. The summed E-state index contributed by atoms with van der Waals surface area (Å²) < 4.78 is 63.7. The predicted octanol–water partition coefficient (Wildman–Crippen LogP) is 2.17. The van der Waals surface area contributed by atoms with E-state index in [0.717, 1.165) is 4.31 Å². The van der Waals surface area contributed by atoms with Crippen LogP contribution in [0.5, 0.6) is 5.88 Å². The highest BCUT2D eigenvalue weighted by molar-refractivity contribution is 14.8. The molecule has 0 bridgehead atoms. The molecule has 2 rings (SSSR count). The van der Waals surface area contributed by atoms with Crippen LogP contribution in [0.2, 0.25) is 5.02 Å². The number of halogens is 4. The van der Waals surface area contributed by atoms with E-state index < -0.39 is 49.9 Å². The Kier molecular flexibility index (Phi) is 9.69. The number of aromatic nitrogens is 2. The monoisotopic (exact) mass is 676 g/mol. The van der Waals surface area contributed by atoms with Gasteiger partial charge in [0.2, 0.25) is 5.69 Å². The van der Waals surface area contributed by atoms with E-state index in [-0.39, 0.29) is 35.6 Å². The standard InChI is InChI=1S/C13H16ClFI2N6O5S/c1-23(2)29(25,26)18-5-6-27-13-11(21-28-22-13)12(20-16-17-24)19-8-3-4-10(15)9(14)7-8/h3-4,7,18,24H,5-6H2,1-2H3,(H,19,20). The second-order valence-corrected chi connectivity index (χ2v) is 13.7. The molecule has 11 nitrogen and oxygen atoms in total. The van der Waals surface area contributed by atoms with Crippen molar-refractivity contribution in [2.75, 3.05) is 32.6 Å². The average molecular weight is 677 g/mol. The van der Waals surface area contributed by atoms with Crippen LogP contribution in [0.25, 0.3) is 0 Å². The van der Waals surface area contributed by atoms with Gasteiger partial charge in [0, 0.05) is 26.3 Å². The maximum atomic E-state index is 13.4. The van der Waals surface area contributed by atoms with E-state index in [0.29, 0.717) is 5.69 Å². The Morgan fingerprint density at radius 1 is 1.45 bits per heavy atom. The molecule has 1 aromatic heterocycles. The van der Waals surface area contributed by atoms with Crippen LogP contribution < -0.4 is 14.8 Å². The zero-order valence-electron chi connectivity index (χ0n) is 14.9. The summed E-state index contributed by atoms with van der Waals surface area (Å²) in [4.78, 5) is 0. The van der Waals surface area contributed by atoms with Gasteiger partial charge in [-0.3, -0.25) is 0 Å². The first-order valence-corrected chi connectivity index (χ1v) is 17.6. The summed E-state index contributed by atoms with van der Waals surface area (Å²) in [6.07, 6.45) is 0. The van der Waals surface area contributed by atoms with Crippen LogP contribution in [0.4, 0.5) is 10.1 Å². The van der Waals surface area contributed by atoms with Gasteiger partial charge in [-0.2, -0.15) is 20.7 Å². The van der Waals surface area contributed by atoms with Crippen LogP contribution in [0, 0.1) is 5.82 Å². The van der Waals surface area contributed by atoms with Crippen molar-refractivity contribution in [2.45, 2.75) is 0 Å². The molecule has 162 valence electrons. The third-order valence-electron chi connectivity index (χ3n) is 3.12. The number of anilines is 1. The lowest BCUT2D eigenvalue weighted by Crippen LogP contribution is -2.37. The number of hydrogen-bond donors (Lipinski definition) is 3. The Bertz CT molecular complexity index is 1000. The molecule has 2 aromatic rings.